The van der Waals surface area contributed by atoms with Gasteiger partial charge in [0.2, 0.25) is 0 Å². The Morgan fingerprint density at radius 1 is 1.32 bits per heavy atom. The van der Waals surface area contributed by atoms with E-state index in [1.54, 1.807) is 0 Å². The fraction of sp³-hybridized carbons (Fsp3) is 0.294. The molecule has 0 aliphatic carbocycles. The Morgan fingerprint density at radius 2 is 2.05 bits per heavy atom. The molecule has 114 valence electrons. The van der Waals surface area contributed by atoms with E-state index >= 15 is 0 Å². The second-order valence-corrected chi connectivity index (χ2v) is 6.41. The predicted octanol–water partition coefficient (Wildman–Crippen LogP) is 4.41. The first kappa shape index (κ1) is 14.8. The number of fused-ring (bicyclic) bond motifs is 1. The fourth-order valence-electron chi connectivity index (χ4n) is 2.50. The molecule has 5 heteroatoms. The average molecular weight is 314 g/mol. The maximum absolute atomic E-state index is 11.4. The molecule has 3 rings (SSSR count). The summed E-state index contributed by atoms with van der Waals surface area (Å²) in [6.07, 6.45) is 4.73. The highest BCUT2D eigenvalue weighted by Crippen LogP contribution is 2.28. The number of carbonyl (C=O) groups is 1. The van der Waals surface area contributed by atoms with Crippen molar-refractivity contribution in [3.05, 3.63) is 46.6 Å². The summed E-state index contributed by atoms with van der Waals surface area (Å²) >= 11 is 1.25. The zero-order chi connectivity index (χ0) is 15.7. The van der Waals surface area contributed by atoms with Gasteiger partial charge in [-0.05, 0) is 19.8 Å². The number of carboxylic acid groups (broad SMARTS) is 1. The summed E-state index contributed by atoms with van der Waals surface area (Å²) in [6, 6.07) is 8.21. The molecule has 0 aliphatic rings. The van der Waals surface area contributed by atoms with Gasteiger partial charge in [-0.3, -0.25) is 4.40 Å². The van der Waals surface area contributed by atoms with E-state index in [-0.39, 0.29) is 0 Å². The van der Waals surface area contributed by atoms with Crippen LogP contribution in [-0.2, 0) is 6.42 Å². The summed E-state index contributed by atoms with van der Waals surface area (Å²) in [6.45, 7) is 4.16. The van der Waals surface area contributed by atoms with E-state index < -0.39 is 5.97 Å². The lowest BCUT2D eigenvalue weighted by Crippen LogP contribution is -2.01. The van der Waals surface area contributed by atoms with Gasteiger partial charge in [0, 0.05) is 17.5 Å². The third-order valence-electron chi connectivity index (χ3n) is 3.73. The number of aromatic carboxylic acids is 1. The summed E-state index contributed by atoms with van der Waals surface area (Å²) < 4.78 is 1.94. The predicted molar refractivity (Wildman–Crippen MR) is 88.8 cm³/mol. The SMILES string of the molecule is CCCCc1c(C(=O)O)sc2nc(-c3ccc(C)cc3)cn12. The second kappa shape index (κ2) is 5.93. The van der Waals surface area contributed by atoms with Crippen LogP contribution in [0.1, 0.15) is 40.7 Å². The fourth-order valence-corrected chi connectivity index (χ4v) is 3.49. The van der Waals surface area contributed by atoms with Gasteiger partial charge in [0.05, 0.1) is 5.69 Å². The monoisotopic (exact) mass is 314 g/mol. The Labute approximate surface area is 133 Å². The summed E-state index contributed by atoms with van der Waals surface area (Å²) in [7, 11) is 0. The Bertz CT molecular complexity index is 815. The maximum Gasteiger partial charge on any atom is 0.347 e. The number of aryl methyl sites for hydroxylation is 2. The normalized spacial score (nSPS) is 11.2. The Kier molecular flexibility index (Phi) is 3.98. The summed E-state index contributed by atoms with van der Waals surface area (Å²) in [5.74, 6) is -0.863. The molecular formula is C17H18N2O2S. The van der Waals surface area contributed by atoms with Gasteiger partial charge in [-0.1, -0.05) is 54.5 Å². The van der Waals surface area contributed by atoms with Crippen LogP contribution >= 0.6 is 11.3 Å². The molecular weight excluding hydrogens is 296 g/mol. The van der Waals surface area contributed by atoms with Crippen molar-refractivity contribution in [2.45, 2.75) is 33.1 Å². The largest absolute Gasteiger partial charge is 0.477 e. The minimum Gasteiger partial charge on any atom is -0.477 e. The molecule has 0 amide bonds. The van der Waals surface area contributed by atoms with Crippen LogP contribution in [0.25, 0.3) is 16.2 Å². The van der Waals surface area contributed by atoms with Gasteiger partial charge in [0.1, 0.15) is 4.88 Å². The van der Waals surface area contributed by atoms with Crippen molar-refractivity contribution >= 4 is 22.3 Å². The summed E-state index contributed by atoms with van der Waals surface area (Å²) in [5, 5.41) is 9.37. The Balaban J connectivity index is 2.08. The molecule has 3 aromatic rings. The van der Waals surface area contributed by atoms with Crippen molar-refractivity contribution in [3.8, 4) is 11.3 Å². The van der Waals surface area contributed by atoms with Crippen LogP contribution in [0.2, 0.25) is 0 Å². The van der Waals surface area contributed by atoms with Gasteiger partial charge in [-0.15, -0.1) is 0 Å². The van der Waals surface area contributed by atoms with E-state index in [1.807, 2.05) is 22.7 Å². The summed E-state index contributed by atoms with van der Waals surface area (Å²) in [4.78, 5) is 17.2. The highest BCUT2D eigenvalue weighted by Gasteiger charge is 2.19. The molecule has 0 saturated carbocycles. The number of unbranched alkanes of at least 4 members (excludes halogenated alkanes) is 1. The maximum atomic E-state index is 11.4. The Morgan fingerprint density at radius 3 is 2.68 bits per heavy atom. The van der Waals surface area contributed by atoms with Gasteiger partial charge in [0.15, 0.2) is 4.96 Å². The van der Waals surface area contributed by atoms with Crippen LogP contribution < -0.4 is 0 Å². The number of thiazole rings is 1. The molecule has 2 aromatic heterocycles. The molecule has 1 aromatic carbocycles. The number of aromatic nitrogens is 2. The molecule has 2 heterocycles. The molecule has 0 saturated heterocycles. The van der Waals surface area contributed by atoms with Crippen molar-refractivity contribution in [3.63, 3.8) is 0 Å². The number of hydrogen-bond acceptors (Lipinski definition) is 3. The summed E-state index contributed by atoms with van der Waals surface area (Å²) in [5.41, 5.74) is 4.02. The molecule has 1 N–H and O–H groups in total. The van der Waals surface area contributed by atoms with Crippen LogP contribution in [0.4, 0.5) is 0 Å². The van der Waals surface area contributed by atoms with Crippen LogP contribution in [0.5, 0.6) is 0 Å². The van der Waals surface area contributed by atoms with Crippen LogP contribution in [0.15, 0.2) is 30.5 Å². The van der Waals surface area contributed by atoms with Crippen molar-refractivity contribution in [1.29, 1.82) is 0 Å². The quantitative estimate of drug-likeness (QED) is 0.759. The van der Waals surface area contributed by atoms with Gasteiger partial charge in [-0.2, -0.15) is 0 Å². The molecule has 0 unspecified atom stereocenters. The lowest BCUT2D eigenvalue weighted by Gasteiger charge is -2.01. The van der Waals surface area contributed by atoms with Crippen molar-refractivity contribution in [2.24, 2.45) is 0 Å². The molecule has 0 spiro atoms. The van der Waals surface area contributed by atoms with Crippen LogP contribution in [-0.4, -0.2) is 20.5 Å². The van der Waals surface area contributed by atoms with E-state index in [9.17, 15) is 9.90 Å². The third kappa shape index (κ3) is 2.64. The standard InChI is InChI=1S/C17H18N2O2S/c1-3-4-5-14-15(16(20)21)22-17-18-13(10-19(14)17)12-8-6-11(2)7-9-12/h6-10H,3-5H2,1-2H3,(H,20,21). The highest BCUT2D eigenvalue weighted by molar-refractivity contribution is 7.19. The lowest BCUT2D eigenvalue weighted by molar-refractivity contribution is 0.0700. The topological polar surface area (TPSA) is 54.6 Å². The molecule has 4 nitrogen and oxygen atoms in total. The number of carboxylic acids is 1. The lowest BCUT2D eigenvalue weighted by atomic mass is 10.1. The van der Waals surface area contributed by atoms with Gasteiger partial charge in [0.25, 0.3) is 0 Å². The van der Waals surface area contributed by atoms with Gasteiger partial charge >= 0.3 is 5.97 Å². The molecule has 22 heavy (non-hydrogen) atoms. The first-order chi connectivity index (χ1) is 10.6. The zero-order valence-electron chi connectivity index (χ0n) is 12.7. The molecule has 0 radical (unpaired) electrons. The number of rotatable bonds is 5. The minimum absolute atomic E-state index is 0.409. The average Bonchev–Trinajstić information content (AvgIpc) is 3.04. The van der Waals surface area contributed by atoms with Crippen LogP contribution in [0.3, 0.4) is 0 Å². The molecule has 0 fully saturated rings. The molecule has 0 bridgehead atoms. The van der Waals surface area contributed by atoms with E-state index in [4.69, 9.17) is 0 Å². The first-order valence-corrected chi connectivity index (χ1v) is 8.23. The van der Waals surface area contributed by atoms with Crippen molar-refractivity contribution in [2.75, 3.05) is 0 Å². The minimum atomic E-state index is -0.863. The highest BCUT2D eigenvalue weighted by atomic mass is 32.1. The number of hydrogen-bond donors (Lipinski definition) is 1. The van der Waals surface area contributed by atoms with E-state index in [0.717, 1.165) is 41.2 Å². The number of imidazole rings is 1. The smallest absolute Gasteiger partial charge is 0.347 e. The van der Waals surface area contributed by atoms with Crippen molar-refractivity contribution in [1.82, 2.24) is 9.38 Å². The second-order valence-electron chi connectivity index (χ2n) is 5.43. The first-order valence-electron chi connectivity index (χ1n) is 7.41. The van der Waals surface area contributed by atoms with E-state index in [1.165, 1.54) is 16.9 Å². The van der Waals surface area contributed by atoms with Crippen molar-refractivity contribution < 1.29 is 9.90 Å². The van der Waals surface area contributed by atoms with Crippen LogP contribution in [0, 0.1) is 6.92 Å². The molecule has 0 aliphatic heterocycles. The number of benzene rings is 1. The Hall–Kier alpha value is -2.14. The third-order valence-corrected chi connectivity index (χ3v) is 4.81. The number of nitrogens with zero attached hydrogens (tertiary/aromatic N) is 2. The molecule has 0 atom stereocenters. The zero-order valence-corrected chi connectivity index (χ0v) is 13.5. The van der Waals surface area contributed by atoms with Gasteiger partial charge < -0.3 is 5.11 Å². The van der Waals surface area contributed by atoms with Gasteiger partial charge in [-0.25, -0.2) is 9.78 Å². The van der Waals surface area contributed by atoms with E-state index in [0.29, 0.717) is 4.88 Å². The van der Waals surface area contributed by atoms with E-state index in [2.05, 4.69) is 31.0 Å².